The highest BCUT2D eigenvalue weighted by Gasteiger charge is 2.04. The molecule has 0 atom stereocenters. The van der Waals surface area contributed by atoms with Crippen LogP contribution in [0.15, 0.2) is 38.2 Å². The predicted octanol–water partition coefficient (Wildman–Crippen LogP) is 3.00. The van der Waals surface area contributed by atoms with E-state index in [1.807, 2.05) is 0 Å². The molecule has 1 aromatic rings. The second-order valence-electron chi connectivity index (χ2n) is 2.87. The third-order valence-electron chi connectivity index (χ3n) is 1.66. The molecule has 0 radical (unpaired) electrons. The summed E-state index contributed by atoms with van der Waals surface area (Å²) >= 11 is 3.33. The standard InChI is InChI=1S/C9H10BrFN4/c1-12-13-14-15(2)6-7-5-8(11)3-4-9(7)10/h3-5H,1,6H2,2H3/b14-13-. The summed E-state index contributed by atoms with van der Waals surface area (Å²) in [6.45, 7) is 3.61. The van der Waals surface area contributed by atoms with Crippen molar-refractivity contribution < 1.29 is 4.39 Å². The lowest BCUT2D eigenvalue weighted by atomic mass is 10.2. The molecule has 0 aromatic heterocycles. The summed E-state index contributed by atoms with van der Waals surface area (Å²) < 4.78 is 13.8. The summed E-state index contributed by atoms with van der Waals surface area (Å²) in [4.78, 5) is 0. The molecule has 0 amide bonds. The Kier molecular flexibility index (Phi) is 4.36. The van der Waals surface area contributed by atoms with Gasteiger partial charge in [0.05, 0.1) is 6.54 Å². The van der Waals surface area contributed by atoms with E-state index in [1.165, 1.54) is 17.1 Å². The Balaban J connectivity index is 2.75. The van der Waals surface area contributed by atoms with Crippen molar-refractivity contribution in [3.8, 4) is 0 Å². The van der Waals surface area contributed by atoms with Gasteiger partial charge in [0, 0.05) is 18.2 Å². The van der Waals surface area contributed by atoms with Gasteiger partial charge in [-0.2, -0.15) is 0 Å². The van der Waals surface area contributed by atoms with Crippen LogP contribution in [0.5, 0.6) is 0 Å². The lowest BCUT2D eigenvalue weighted by Crippen LogP contribution is -2.10. The van der Waals surface area contributed by atoms with Gasteiger partial charge in [-0.05, 0) is 29.0 Å². The second kappa shape index (κ2) is 5.55. The monoisotopic (exact) mass is 272 g/mol. The molecule has 6 heteroatoms. The quantitative estimate of drug-likeness (QED) is 0.472. The summed E-state index contributed by atoms with van der Waals surface area (Å²) in [6, 6.07) is 4.49. The molecule has 0 aliphatic heterocycles. The molecule has 1 rings (SSSR count). The molecule has 0 saturated carbocycles. The van der Waals surface area contributed by atoms with Crippen LogP contribution in [0.2, 0.25) is 0 Å². The highest BCUT2D eigenvalue weighted by Crippen LogP contribution is 2.19. The molecule has 0 unspecified atom stereocenters. The van der Waals surface area contributed by atoms with Crippen LogP contribution in [0.4, 0.5) is 4.39 Å². The molecule has 0 aliphatic rings. The minimum absolute atomic E-state index is 0.277. The van der Waals surface area contributed by atoms with Crippen molar-refractivity contribution in [1.82, 2.24) is 5.01 Å². The van der Waals surface area contributed by atoms with Gasteiger partial charge in [0.2, 0.25) is 0 Å². The fraction of sp³-hybridized carbons (Fsp3) is 0.222. The molecule has 0 bridgehead atoms. The maximum Gasteiger partial charge on any atom is 0.123 e. The predicted molar refractivity (Wildman–Crippen MR) is 60.0 cm³/mol. The summed E-state index contributed by atoms with van der Waals surface area (Å²) in [5, 5.41) is 11.8. The maximum absolute atomic E-state index is 12.9. The van der Waals surface area contributed by atoms with Crippen LogP contribution in [0.3, 0.4) is 0 Å². The second-order valence-corrected chi connectivity index (χ2v) is 3.73. The average molecular weight is 273 g/mol. The molecular weight excluding hydrogens is 263 g/mol. The van der Waals surface area contributed by atoms with Crippen molar-refractivity contribution in [2.24, 2.45) is 15.5 Å². The van der Waals surface area contributed by atoms with Crippen molar-refractivity contribution in [1.29, 1.82) is 0 Å². The van der Waals surface area contributed by atoms with E-state index in [0.29, 0.717) is 6.54 Å². The lowest BCUT2D eigenvalue weighted by molar-refractivity contribution is 0.317. The van der Waals surface area contributed by atoms with Crippen LogP contribution in [-0.4, -0.2) is 18.8 Å². The van der Waals surface area contributed by atoms with E-state index >= 15 is 0 Å². The van der Waals surface area contributed by atoms with Crippen molar-refractivity contribution in [3.63, 3.8) is 0 Å². The molecule has 80 valence electrons. The van der Waals surface area contributed by atoms with E-state index in [1.54, 1.807) is 13.1 Å². The van der Waals surface area contributed by atoms with E-state index < -0.39 is 0 Å². The molecule has 15 heavy (non-hydrogen) atoms. The van der Waals surface area contributed by atoms with E-state index in [-0.39, 0.29) is 5.82 Å². The first-order chi connectivity index (χ1) is 7.13. The van der Waals surface area contributed by atoms with Crippen molar-refractivity contribution >= 4 is 22.6 Å². The molecule has 0 N–H and O–H groups in total. The van der Waals surface area contributed by atoms with Crippen LogP contribution >= 0.6 is 15.9 Å². The van der Waals surface area contributed by atoms with Crippen LogP contribution in [0, 0.1) is 5.82 Å². The van der Waals surface area contributed by atoms with Gasteiger partial charge in [0.25, 0.3) is 0 Å². The van der Waals surface area contributed by atoms with Gasteiger partial charge in [-0.15, -0.1) is 5.10 Å². The van der Waals surface area contributed by atoms with Gasteiger partial charge in [-0.1, -0.05) is 21.2 Å². The number of hydrogen-bond acceptors (Lipinski definition) is 2. The molecular formula is C9H10BrFN4. The molecule has 1 aromatic carbocycles. The van der Waals surface area contributed by atoms with E-state index in [9.17, 15) is 4.39 Å². The number of halogens is 2. The Morgan fingerprint density at radius 2 is 2.27 bits per heavy atom. The Hall–Kier alpha value is -1.30. The lowest BCUT2D eigenvalue weighted by Gasteiger charge is -2.11. The van der Waals surface area contributed by atoms with E-state index in [2.05, 4.69) is 38.2 Å². The summed E-state index contributed by atoms with van der Waals surface area (Å²) in [7, 11) is 1.71. The first-order valence-electron chi connectivity index (χ1n) is 4.15. The average Bonchev–Trinajstić information content (AvgIpc) is 2.20. The number of benzene rings is 1. The summed E-state index contributed by atoms with van der Waals surface area (Å²) in [5.74, 6) is -0.277. The van der Waals surface area contributed by atoms with Gasteiger partial charge < -0.3 is 0 Å². The van der Waals surface area contributed by atoms with Crippen molar-refractivity contribution in [2.45, 2.75) is 6.54 Å². The minimum Gasteiger partial charge on any atom is -0.276 e. The van der Waals surface area contributed by atoms with Gasteiger partial charge in [0.1, 0.15) is 5.82 Å². The van der Waals surface area contributed by atoms with Crippen molar-refractivity contribution in [2.75, 3.05) is 7.05 Å². The smallest absolute Gasteiger partial charge is 0.123 e. The van der Waals surface area contributed by atoms with Gasteiger partial charge >= 0.3 is 0 Å². The molecule has 0 spiro atoms. The summed E-state index contributed by atoms with van der Waals surface area (Å²) in [6.07, 6.45) is 0. The number of hydrogen-bond donors (Lipinski definition) is 0. The molecule has 0 fully saturated rings. The van der Waals surface area contributed by atoms with Crippen LogP contribution in [0.25, 0.3) is 0 Å². The van der Waals surface area contributed by atoms with Gasteiger partial charge in [0.15, 0.2) is 0 Å². The number of rotatable bonds is 4. The molecule has 0 saturated heterocycles. The molecule has 0 heterocycles. The van der Waals surface area contributed by atoms with Crippen molar-refractivity contribution in [3.05, 3.63) is 34.1 Å². The third-order valence-corrected chi connectivity index (χ3v) is 2.44. The normalized spacial score (nSPS) is 10.6. The maximum atomic E-state index is 12.9. The molecule has 0 aliphatic carbocycles. The Bertz CT molecular complexity index is 380. The Labute approximate surface area is 95.6 Å². The highest BCUT2D eigenvalue weighted by atomic mass is 79.9. The Morgan fingerprint density at radius 1 is 1.53 bits per heavy atom. The SMILES string of the molecule is C=N/N=N\N(C)Cc1cc(F)ccc1Br. The highest BCUT2D eigenvalue weighted by molar-refractivity contribution is 9.10. The zero-order valence-corrected chi connectivity index (χ0v) is 9.78. The van der Waals surface area contributed by atoms with Crippen LogP contribution < -0.4 is 0 Å². The molecule has 4 nitrogen and oxygen atoms in total. The fourth-order valence-electron chi connectivity index (χ4n) is 1.04. The Morgan fingerprint density at radius 3 is 2.93 bits per heavy atom. The third kappa shape index (κ3) is 3.75. The zero-order valence-electron chi connectivity index (χ0n) is 8.19. The topological polar surface area (TPSA) is 40.3 Å². The first-order valence-corrected chi connectivity index (χ1v) is 4.94. The fourth-order valence-corrected chi connectivity index (χ4v) is 1.41. The largest absolute Gasteiger partial charge is 0.276 e. The first kappa shape index (κ1) is 11.8. The van der Waals surface area contributed by atoms with E-state index in [0.717, 1.165) is 10.0 Å². The number of nitrogens with zero attached hydrogens (tertiary/aromatic N) is 4. The van der Waals surface area contributed by atoms with Crippen LogP contribution in [-0.2, 0) is 6.54 Å². The van der Waals surface area contributed by atoms with E-state index in [4.69, 9.17) is 0 Å². The van der Waals surface area contributed by atoms with Gasteiger partial charge in [-0.25, -0.2) is 4.39 Å². The zero-order chi connectivity index (χ0) is 11.3. The minimum atomic E-state index is -0.277. The summed E-state index contributed by atoms with van der Waals surface area (Å²) in [5.41, 5.74) is 0.792. The van der Waals surface area contributed by atoms with Gasteiger partial charge in [-0.3, -0.25) is 5.01 Å². The van der Waals surface area contributed by atoms with Crippen LogP contribution in [0.1, 0.15) is 5.56 Å².